The second-order valence-corrected chi connectivity index (χ2v) is 8.24. The molecule has 1 rings (SSSR count). The molecule has 9 heteroatoms. The fraction of sp³-hybridized carbons (Fsp3) is 0.667. The summed E-state index contributed by atoms with van der Waals surface area (Å²) in [6.45, 7) is 3.12. The van der Waals surface area contributed by atoms with E-state index in [0.29, 0.717) is 0 Å². The van der Waals surface area contributed by atoms with Crippen molar-refractivity contribution in [1.82, 2.24) is 4.31 Å². The zero-order chi connectivity index (χ0) is 14.0. The average molecular weight is 297 g/mol. The van der Waals surface area contributed by atoms with Gasteiger partial charge in [0.25, 0.3) is 0 Å². The van der Waals surface area contributed by atoms with Crippen LogP contribution < -0.4 is 0 Å². The summed E-state index contributed by atoms with van der Waals surface area (Å²) in [7, 11) is -7.07. The number of hydrogen-bond acceptors (Lipinski definition) is 5. The molecule has 0 spiro atoms. The number of sulfone groups is 1. The largest absolute Gasteiger partial charge is 0.481 e. The van der Waals surface area contributed by atoms with E-state index < -0.39 is 44.0 Å². The van der Waals surface area contributed by atoms with E-state index in [1.54, 1.807) is 0 Å². The van der Waals surface area contributed by atoms with Crippen molar-refractivity contribution < 1.29 is 26.7 Å². The lowest BCUT2D eigenvalue weighted by Gasteiger charge is -2.33. The Labute approximate surface area is 106 Å². The van der Waals surface area contributed by atoms with E-state index >= 15 is 0 Å². The van der Waals surface area contributed by atoms with Crippen molar-refractivity contribution in [2.45, 2.75) is 12.5 Å². The molecular weight excluding hydrogens is 282 g/mol. The van der Waals surface area contributed by atoms with Gasteiger partial charge in [-0.3, -0.25) is 4.79 Å². The first kappa shape index (κ1) is 15.1. The Bertz CT molecular complexity index is 535. The SMILES string of the molecule is C=CCS(=O)(=O)N1CCS(=O)(=O)CC1CC(=O)O. The first-order chi connectivity index (χ1) is 8.18. The Kier molecular flexibility index (Phi) is 4.51. The smallest absolute Gasteiger partial charge is 0.305 e. The third kappa shape index (κ3) is 3.79. The predicted octanol–water partition coefficient (Wildman–Crippen LogP) is -0.924. The van der Waals surface area contributed by atoms with Crippen molar-refractivity contribution in [1.29, 1.82) is 0 Å². The van der Waals surface area contributed by atoms with Gasteiger partial charge in [-0.05, 0) is 0 Å². The quantitative estimate of drug-likeness (QED) is 0.657. The van der Waals surface area contributed by atoms with Crippen LogP contribution >= 0.6 is 0 Å². The van der Waals surface area contributed by atoms with Crippen molar-refractivity contribution in [3.8, 4) is 0 Å². The van der Waals surface area contributed by atoms with Crippen LogP contribution in [0.3, 0.4) is 0 Å². The second kappa shape index (κ2) is 5.37. The molecule has 1 atom stereocenters. The third-order valence-electron chi connectivity index (χ3n) is 2.57. The minimum absolute atomic E-state index is 0.198. The van der Waals surface area contributed by atoms with Crippen LogP contribution in [-0.2, 0) is 24.7 Å². The summed E-state index contributed by atoms with van der Waals surface area (Å²) in [6.07, 6.45) is 0.672. The van der Waals surface area contributed by atoms with Gasteiger partial charge in [-0.15, -0.1) is 6.58 Å². The summed E-state index contributed by atoms with van der Waals surface area (Å²) < 4.78 is 47.5. The Morgan fingerprint density at radius 2 is 2.11 bits per heavy atom. The molecule has 0 amide bonds. The van der Waals surface area contributed by atoms with Gasteiger partial charge in [0.1, 0.15) is 0 Å². The van der Waals surface area contributed by atoms with Gasteiger partial charge < -0.3 is 5.11 Å². The van der Waals surface area contributed by atoms with Crippen LogP contribution in [0.2, 0.25) is 0 Å². The molecule has 1 heterocycles. The summed E-state index contributed by atoms with van der Waals surface area (Å²) in [5, 5.41) is 8.71. The molecule has 18 heavy (non-hydrogen) atoms. The van der Waals surface area contributed by atoms with Gasteiger partial charge in [0.2, 0.25) is 10.0 Å². The van der Waals surface area contributed by atoms with Gasteiger partial charge in [-0.2, -0.15) is 4.31 Å². The van der Waals surface area contributed by atoms with E-state index in [2.05, 4.69) is 6.58 Å². The summed E-state index contributed by atoms with van der Waals surface area (Å²) in [4.78, 5) is 10.7. The van der Waals surface area contributed by atoms with Crippen LogP contribution in [0.1, 0.15) is 6.42 Å². The second-order valence-electron chi connectivity index (χ2n) is 4.04. The van der Waals surface area contributed by atoms with Gasteiger partial charge >= 0.3 is 5.97 Å². The molecule has 1 fully saturated rings. The number of rotatable bonds is 5. The predicted molar refractivity (Wildman–Crippen MR) is 65.4 cm³/mol. The van der Waals surface area contributed by atoms with E-state index in [-0.39, 0.29) is 18.1 Å². The first-order valence-electron chi connectivity index (χ1n) is 5.20. The molecule has 0 aromatic heterocycles. The number of hydrogen-bond donors (Lipinski definition) is 1. The van der Waals surface area contributed by atoms with Crippen LogP contribution in [0.4, 0.5) is 0 Å². The lowest BCUT2D eigenvalue weighted by molar-refractivity contribution is -0.137. The molecule has 104 valence electrons. The Morgan fingerprint density at radius 1 is 1.50 bits per heavy atom. The third-order valence-corrected chi connectivity index (χ3v) is 6.12. The summed E-state index contributed by atoms with van der Waals surface area (Å²) in [6, 6.07) is -1.04. The number of carboxylic acid groups (broad SMARTS) is 1. The maximum absolute atomic E-state index is 11.9. The minimum Gasteiger partial charge on any atom is -0.481 e. The standard InChI is InChI=1S/C9H15NO6S2/c1-2-4-18(15,16)10-3-5-17(13,14)7-8(10)6-9(11)12/h2,8H,1,3-7H2,(H,11,12). The molecule has 1 aliphatic heterocycles. The number of carbonyl (C=O) groups is 1. The maximum Gasteiger partial charge on any atom is 0.305 e. The first-order valence-corrected chi connectivity index (χ1v) is 8.63. The highest BCUT2D eigenvalue weighted by Crippen LogP contribution is 2.19. The molecule has 0 aromatic carbocycles. The fourth-order valence-electron chi connectivity index (χ4n) is 1.84. The van der Waals surface area contributed by atoms with Crippen molar-refractivity contribution in [2.24, 2.45) is 0 Å². The van der Waals surface area contributed by atoms with Crippen LogP contribution in [0.15, 0.2) is 12.7 Å². The number of aliphatic carboxylic acids is 1. The van der Waals surface area contributed by atoms with Crippen LogP contribution in [-0.4, -0.2) is 62.1 Å². The van der Waals surface area contributed by atoms with Crippen LogP contribution in [0.25, 0.3) is 0 Å². The highest BCUT2D eigenvalue weighted by atomic mass is 32.2. The van der Waals surface area contributed by atoms with Gasteiger partial charge in [0.05, 0.1) is 23.7 Å². The Hall–Kier alpha value is -0.930. The van der Waals surface area contributed by atoms with E-state index in [1.807, 2.05) is 0 Å². The highest BCUT2D eigenvalue weighted by molar-refractivity contribution is 7.92. The van der Waals surface area contributed by atoms with Crippen LogP contribution in [0, 0.1) is 0 Å². The Balaban J connectivity index is 3.02. The summed E-state index contributed by atoms with van der Waals surface area (Å²) >= 11 is 0. The average Bonchev–Trinajstić information content (AvgIpc) is 2.13. The number of nitrogens with zero attached hydrogens (tertiary/aromatic N) is 1. The molecule has 1 saturated heterocycles. The lowest BCUT2D eigenvalue weighted by Crippen LogP contribution is -2.52. The van der Waals surface area contributed by atoms with Crippen LogP contribution in [0.5, 0.6) is 0 Å². The molecule has 0 radical (unpaired) electrons. The van der Waals surface area contributed by atoms with Crippen molar-refractivity contribution in [3.63, 3.8) is 0 Å². The van der Waals surface area contributed by atoms with Gasteiger partial charge in [-0.25, -0.2) is 16.8 Å². The maximum atomic E-state index is 11.9. The topological polar surface area (TPSA) is 109 Å². The fourth-order valence-corrected chi connectivity index (χ4v) is 5.04. The zero-order valence-electron chi connectivity index (χ0n) is 9.65. The van der Waals surface area contributed by atoms with Crippen molar-refractivity contribution in [2.75, 3.05) is 23.8 Å². The molecule has 1 unspecified atom stereocenters. The summed E-state index contributed by atoms with van der Waals surface area (Å²) in [5.41, 5.74) is 0. The Morgan fingerprint density at radius 3 is 2.61 bits per heavy atom. The number of sulfonamides is 1. The van der Waals surface area contributed by atoms with E-state index in [0.717, 1.165) is 4.31 Å². The molecule has 1 N–H and O–H groups in total. The summed E-state index contributed by atoms with van der Waals surface area (Å²) in [5.74, 6) is -2.28. The normalized spacial score (nSPS) is 24.6. The monoisotopic (exact) mass is 297 g/mol. The van der Waals surface area contributed by atoms with Crippen molar-refractivity contribution >= 4 is 25.8 Å². The minimum atomic E-state index is -3.69. The van der Waals surface area contributed by atoms with E-state index in [4.69, 9.17) is 5.11 Å². The molecule has 1 aliphatic rings. The van der Waals surface area contributed by atoms with Crippen molar-refractivity contribution in [3.05, 3.63) is 12.7 Å². The molecule has 0 aromatic rings. The molecule has 7 nitrogen and oxygen atoms in total. The highest BCUT2D eigenvalue weighted by Gasteiger charge is 2.38. The zero-order valence-corrected chi connectivity index (χ0v) is 11.3. The molecular formula is C9H15NO6S2. The van der Waals surface area contributed by atoms with Gasteiger partial charge in [0.15, 0.2) is 9.84 Å². The molecule has 0 saturated carbocycles. The van der Waals surface area contributed by atoms with Gasteiger partial charge in [-0.1, -0.05) is 6.08 Å². The van der Waals surface area contributed by atoms with E-state index in [1.165, 1.54) is 6.08 Å². The molecule has 0 aliphatic carbocycles. The number of carboxylic acids is 1. The lowest BCUT2D eigenvalue weighted by atomic mass is 10.2. The van der Waals surface area contributed by atoms with E-state index in [9.17, 15) is 21.6 Å². The van der Waals surface area contributed by atoms with Gasteiger partial charge in [0, 0.05) is 12.6 Å². The molecule has 0 bridgehead atoms.